The minimum atomic E-state index is -0.874. The lowest BCUT2D eigenvalue weighted by Gasteiger charge is -2.14. The van der Waals surface area contributed by atoms with Crippen LogP contribution in [0.4, 0.5) is 10.1 Å². The van der Waals surface area contributed by atoms with E-state index in [0.717, 1.165) is 11.6 Å². The van der Waals surface area contributed by atoms with Crippen LogP contribution in [0.3, 0.4) is 0 Å². The molecule has 0 aliphatic heterocycles. The second kappa shape index (κ2) is 6.32. The number of nitrogens with zero attached hydrogens (tertiary/aromatic N) is 1. The van der Waals surface area contributed by atoms with Crippen molar-refractivity contribution in [2.24, 2.45) is 5.73 Å². The van der Waals surface area contributed by atoms with Gasteiger partial charge >= 0.3 is 5.69 Å². The normalized spacial score (nSPS) is 12.0. The lowest BCUT2D eigenvalue weighted by atomic mass is 10.1. The summed E-state index contributed by atoms with van der Waals surface area (Å²) in [5.74, 6) is -0.334. The van der Waals surface area contributed by atoms with E-state index in [1.807, 2.05) is 19.1 Å². The van der Waals surface area contributed by atoms with Gasteiger partial charge in [-0.1, -0.05) is 30.3 Å². The van der Waals surface area contributed by atoms with Gasteiger partial charge in [0.25, 0.3) is 0 Å². The third-order valence-corrected chi connectivity index (χ3v) is 3.05. The highest BCUT2D eigenvalue weighted by Gasteiger charge is 2.17. The third-order valence-electron chi connectivity index (χ3n) is 3.05. The summed E-state index contributed by atoms with van der Waals surface area (Å²) in [6.07, 6.45) is 0. The monoisotopic (exact) mass is 290 g/mol. The van der Waals surface area contributed by atoms with E-state index >= 15 is 0 Å². The number of halogens is 1. The van der Waals surface area contributed by atoms with E-state index in [2.05, 4.69) is 0 Å². The average Bonchev–Trinajstić information content (AvgIpc) is 2.46. The van der Waals surface area contributed by atoms with Crippen molar-refractivity contribution in [3.63, 3.8) is 0 Å². The fraction of sp³-hybridized carbons (Fsp3) is 0.200. The molecule has 0 spiro atoms. The number of benzene rings is 2. The van der Waals surface area contributed by atoms with Gasteiger partial charge < -0.3 is 10.5 Å². The number of nitro benzene ring substituents is 1. The van der Waals surface area contributed by atoms with Crippen molar-refractivity contribution in [1.29, 1.82) is 0 Å². The van der Waals surface area contributed by atoms with Crippen LogP contribution in [0, 0.1) is 15.9 Å². The van der Waals surface area contributed by atoms with Gasteiger partial charge in [-0.2, -0.15) is 4.39 Å². The Bertz CT molecular complexity index is 659. The van der Waals surface area contributed by atoms with Crippen LogP contribution in [-0.4, -0.2) is 4.92 Å². The third kappa shape index (κ3) is 3.35. The van der Waals surface area contributed by atoms with Crippen LogP contribution in [0.25, 0.3) is 0 Å². The minimum absolute atomic E-state index is 0.1000. The summed E-state index contributed by atoms with van der Waals surface area (Å²) in [5, 5.41) is 10.7. The maximum Gasteiger partial charge on any atom is 0.305 e. The van der Waals surface area contributed by atoms with Gasteiger partial charge in [-0.3, -0.25) is 10.1 Å². The molecule has 0 radical (unpaired) electrons. The van der Waals surface area contributed by atoms with Gasteiger partial charge in [0, 0.05) is 23.2 Å². The Hall–Kier alpha value is -2.47. The van der Waals surface area contributed by atoms with Crippen molar-refractivity contribution in [3.05, 3.63) is 69.5 Å². The molecule has 2 rings (SSSR count). The fourth-order valence-corrected chi connectivity index (χ4v) is 1.96. The number of rotatable bonds is 5. The molecule has 6 heteroatoms. The maximum atomic E-state index is 13.9. The van der Waals surface area contributed by atoms with Gasteiger partial charge in [-0.15, -0.1) is 0 Å². The van der Waals surface area contributed by atoms with E-state index < -0.39 is 16.4 Å². The lowest BCUT2D eigenvalue weighted by molar-refractivity contribution is -0.387. The van der Waals surface area contributed by atoms with Crippen molar-refractivity contribution in [2.75, 3.05) is 0 Å². The van der Waals surface area contributed by atoms with Gasteiger partial charge in [0.1, 0.15) is 12.4 Å². The Kier molecular flexibility index (Phi) is 4.49. The molecule has 0 saturated heterocycles. The molecule has 0 amide bonds. The van der Waals surface area contributed by atoms with Crippen LogP contribution in [0.1, 0.15) is 24.1 Å². The largest absolute Gasteiger partial charge is 0.488 e. The van der Waals surface area contributed by atoms with Crippen LogP contribution in [0.5, 0.6) is 5.75 Å². The summed E-state index contributed by atoms with van der Waals surface area (Å²) < 4.78 is 19.5. The summed E-state index contributed by atoms with van der Waals surface area (Å²) in [5.41, 5.74) is 6.20. The standard InChI is InChI=1S/C15H15FN2O3/c1-10(17)12-6-2-3-8-14(12)21-9-11-5-4-7-13(15(11)16)18(19)20/h2-8,10H,9,17H2,1H3. The lowest BCUT2D eigenvalue weighted by Crippen LogP contribution is -2.08. The highest BCUT2D eigenvalue weighted by atomic mass is 19.1. The van der Waals surface area contributed by atoms with Crippen LogP contribution in [0.15, 0.2) is 42.5 Å². The van der Waals surface area contributed by atoms with Gasteiger partial charge in [-0.25, -0.2) is 0 Å². The van der Waals surface area contributed by atoms with Crippen LogP contribution >= 0.6 is 0 Å². The first-order valence-electron chi connectivity index (χ1n) is 6.39. The molecule has 0 bridgehead atoms. The number of hydrogen-bond acceptors (Lipinski definition) is 4. The van der Waals surface area contributed by atoms with Crippen molar-refractivity contribution in [3.8, 4) is 5.75 Å². The number of hydrogen-bond donors (Lipinski definition) is 1. The Morgan fingerprint density at radius 1 is 1.29 bits per heavy atom. The molecule has 0 heterocycles. The van der Waals surface area contributed by atoms with Crippen LogP contribution in [-0.2, 0) is 6.61 Å². The summed E-state index contributed by atoms with van der Waals surface area (Å²) >= 11 is 0. The molecule has 5 nitrogen and oxygen atoms in total. The molecule has 0 saturated carbocycles. The summed E-state index contributed by atoms with van der Waals surface area (Å²) in [6.45, 7) is 1.72. The van der Waals surface area contributed by atoms with Crippen molar-refractivity contribution in [2.45, 2.75) is 19.6 Å². The van der Waals surface area contributed by atoms with Crippen LogP contribution in [0.2, 0.25) is 0 Å². The molecule has 2 aromatic rings. The second-order valence-corrected chi connectivity index (χ2v) is 4.62. The maximum absolute atomic E-state index is 13.9. The quantitative estimate of drug-likeness (QED) is 0.676. The topological polar surface area (TPSA) is 78.4 Å². The Labute approximate surface area is 121 Å². The smallest absolute Gasteiger partial charge is 0.305 e. The zero-order chi connectivity index (χ0) is 15.4. The molecule has 0 aliphatic rings. The van der Waals surface area contributed by atoms with Crippen LogP contribution < -0.4 is 10.5 Å². The number of nitrogens with two attached hydrogens (primary N) is 1. The summed E-state index contributed by atoms with van der Waals surface area (Å²) in [4.78, 5) is 9.94. The molecule has 2 aromatic carbocycles. The minimum Gasteiger partial charge on any atom is -0.488 e. The molecule has 0 aromatic heterocycles. The van der Waals surface area contributed by atoms with E-state index in [4.69, 9.17) is 10.5 Å². The number of para-hydroxylation sites is 1. The van der Waals surface area contributed by atoms with Gasteiger partial charge in [0.05, 0.1) is 4.92 Å². The molecular formula is C15H15FN2O3. The molecule has 110 valence electrons. The van der Waals surface area contributed by atoms with Gasteiger partial charge in [0.2, 0.25) is 5.82 Å². The molecular weight excluding hydrogens is 275 g/mol. The molecule has 21 heavy (non-hydrogen) atoms. The van der Waals surface area contributed by atoms with E-state index in [1.165, 1.54) is 12.1 Å². The molecule has 1 atom stereocenters. The highest BCUT2D eigenvalue weighted by Crippen LogP contribution is 2.26. The van der Waals surface area contributed by atoms with Crippen molar-refractivity contribution >= 4 is 5.69 Å². The first-order chi connectivity index (χ1) is 10.0. The van der Waals surface area contributed by atoms with E-state index in [1.54, 1.807) is 12.1 Å². The van der Waals surface area contributed by atoms with E-state index in [9.17, 15) is 14.5 Å². The Balaban J connectivity index is 2.21. The fourth-order valence-electron chi connectivity index (χ4n) is 1.96. The molecule has 2 N–H and O–H groups in total. The van der Waals surface area contributed by atoms with E-state index in [0.29, 0.717) is 5.75 Å². The number of ether oxygens (including phenoxy) is 1. The molecule has 0 fully saturated rings. The molecule has 0 aliphatic carbocycles. The summed E-state index contributed by atoms with van der Waals surface area (Å²) in [7, 11) is 0. The first-order valence-corrected chi connectivity index (χ1v) is 6.39. The van der Waals surface area contributed by atoms with E-state index in [-0.39, 0.29) is 18.2 Å². The Morgan fingerprint density at radius 2 is 2.00 bits per heavy atom. The first kappa shape index (κ1) is 14.9. The Morgan fingerprint density at radius 3 is 2.67 bits per heavy atom. The predicted octanol–water partition coefficient (Wildman–Crippen LogP) is 3.33. The number of nitro groups is 1. The molecule has 1 unspecified atom stereocenters. The SMILES string of the molecule is CC(N)c1ccccc1OCc1cccc([N+](=O)[O-])c1F. The average molecular weight is 290 g/mol. The van der Waals surface area contributed by atoms with Crippen molar-refractivity contribution in [1.82, 2.24) is 0 Å². The predicted molar refractivity (Wildman–Crippen MR) is 76.4 cm³/mol. The zero-order valence-corrected chi connectivity index (χ0v) is 11.5. The summed E-state index contributed by atoms with van der Waals surface area (Å²) in [6, 6.07) is 10.9. The zero-order valence-electron chi connectivity index (χ0n) is 11.5. The highest BCUT2D eigenvalue weighted by molar-refractivity contribution is 5.38. The van der Waals surface area contributed by atoms with Gasteiger partial charge in [0.15, 0.2) is 0 Å². The second-order valence-electron chi connectivity index (χ2n) is 4.62. The van der Waals surface area contributed by atoms with Gasteiger partial charge in [-0.05, 0) is 13.0 Å². The van der Waals surface area contributed by atoms with Crippen molar-refractivity contribution < 1.29 is 14.1 Å².